The van der Waals surface area contributed by atoms with Crippen molar-refractivity contribution >= 4 is 11.9 Å². The Morgan fingerprint density at radius 3 is 2.79 bits per heavy atom. The number of imidazole rings is 1. The van der Waals surface area contributed by atoms with Crippen molar-refractivity contribution in [3.8, 4) is 0 Å². The quantitative estimate of drug-likeness (QED) is 0.718. The van der Waals surface area contributed by atoms with Crippen LogP contribution in [0.5, 0.6) is 0 Å². The molecule has 0 aliphatic heterocycles. The van der Waals surface area contributed by atoms with Crippen LogP contribution in [0.3, 0.4) is 0 Å². The van der Waals surface area contributed by atoms with Gasteiger partial charge in [0.25, 0.3) is 5.91 Å². The van der Waals surface area contributed by atoms with Gasteiger partial charge in [-0.15, -0.1) is 0 Å². The summed E-state index contributed by atoms with van der Waals surface area (Å²) in [5.41, 5.74) is 0.373. The molecule has 2 rings (SSSR count). The zero-order valence-corrected chi connectivity index (χ0v) is 7.14. The molecule has 0 saturated heterocycles. The number of carbonyl (C=O) groups is 1. The van der Waals surface area contributed by atoms with Crippen LogP contribution < -0.4 is 5.32 Å². The van der Waals surface area contributed by atoms with Gasteiger partial charge in [0, 0.05) is 12.4 Å². The number of aromatic amines is 1. The average molecular weight is 189 g/mol. The lowest BCUT2D eigenvalue weighted by Crippen LogP contribution is -2.14. The summed E-state index contributed by atoms with van der Waals surface area (Å²) in [6.45, 7) is 0. The molecular formula is C8H7N5O. The first-order chi connectivity index (χ1) is 6.86. The average Bonchev–Trinajstić information content (AvgIpc) is 2.72. The van der Waals surface area contributed by atoms with Crippen LogP contribution >= 0.6 is 0 Å². The van der Waals surface area contributed by atoms with Crippen molar-refractivity contribution in [1.82, 2.24) is 19.9 Å². The van der Waals surface area contributed by atoms with Gasteiger partial charge in [-0.1, -0.05) is 0 Å². The van der Waals surface area contributed by atoms with E-state index in [1.165, 1.54) is 12.5 Å². The number of hydrogen-bond donors (Lipinski definition) is 2. The van der Waals surface area contributed by atoms with Crippen LogP contribution in [0.2, 0.25) is 0 Å². The lowest BCUT2D eigenvalue weighted by Gasteiger charge is -1.99. The van der Waals surface area contributed by atoms with E-state index in [0.717, 1.165) is 0 Å². The molecule has 0 aliphatic rings. The molecule has 0 atom stereocenters. The van der Waals surface area contributed by atoms with Crippen LogP contribution in [0.15, 0.2) is 31.0 Å². The van der Waals surface area contributed by atoms with Crippen molar-refractivity contribution in [3.63, 3.8) is 0 Å². The third-order valence-corrected chi connectivity index (χ3v) is 1.53. The number of carbonyl (C=O) groups excluding carboxylic acids is 1. The first-order valence-corrected chi connectivity index (χ1v) is 3.93. The highest BCUT2D eigenvalue weighted by Crippen LogP contribution is 1.98. The van der Waals surface area contributed by atoms with E-state index in [-0.39, 0.29) is 11.9 Å². The molecule has 1 amide bonds. The zero-order chi connectivity index (χ0) is 9.80. The van der Waals surface area contributed by atoms with Gasteiger partial charge in [0.05, 0.1) is 12.5 Å². The SMILES string of the molecule is O=C(Nc1ncccn1)c1cnc[nH]1. The third kappa shape index (κ3) is 1.74. The van der Waals surface area contributed by atoms with E-state index in [2.05, 4.69) is 25.3 Å². The molecule has 0 fully saturated rings. The Hall–Kier alpha value is -2.24. The molecular weight excluding hydrogens is 182 g/mol. The van der Waals surface area contributed by atoms with Crippen LogP contribution in [0.4, 0.5) is 5.95 Å². The number of rotatable bonds is 2. The predicted molar refractivity (Wildman–Crippen MR) is 48.6 cm³/mol. The van der Waals surface area contributed by atoms with Gasteiger partial charge in [-0.05, 0) is 6.07 Å². The van der Waals surface area contributed by atoms with E-state index in [0.29, 0.717) is 5.69 Å². The molecule has 70 valence electrons. The van der Waals surface area contributed by atoms with Crippen molar-refractivity contribution < 1.29 is 4.79 Å². The van der Waals surface area contributed by atoms with Gasteiger partial charge >= 0.3 is 0 Å². The van der Waals surface area contributed by atoms with Gasteiger partial charge in [-0.25, -0.2) is 15.0 Å². The Labute approximate surface area is 79.4 Å². The first kappa shape index (κ1) is 8.36. The zero-order valence-electron chi connectivity index (χ0n) is 7.14. The van der Waals surface area contributed by atoms with Gasteiger partial charge in [0.2, 0.25) is 5.95 Å². The second-order valence-corrected chi connectivity index (χ2v) is 2.49. The van der Waals surface area contributed by atoms with Crippen LogP contribution in [-0.2, 0) is 0 Å². The maximum Gasteiger partial charge on any atom is 0.276 e. The van der Waals surface area contributed by atoms with Gasteiger partial charge < -0.3 is 4.98 Å². The molecule has 0 unspecified atom stereocenters. The number of H-pyrrole nitrogens is 1. The van der Waals surface area contributed by atoms with Gasteiger partial charge in [0.15, 0.2) is 0 Å². The van der Waals surface area contributed by atoms with Crippen LogP contribution in [0.25, 0.3) is 0 Å². The Morgan fingerprint density at radius 2 is 2.14 bits per heavy atom. The summed E-state index contributed by atoms with van der Waals surface area (Å²) >= 11 is 0. The normalized spacial score (nSPS) is 9.71. The van der Waals surface area contributed by atoms with Gasteiger partial charge in [0.1, 0.15) is 5.69 Å². The summed E-state index contributed by atoms with van der Waals surface area (Å²) in [4.78, 5) is 25.5. The summed E-state index contributed by atoms with van der Waals surface area (Å²) in [6.07, 6.45) is 5.96. The smallest absolute Gasteiger partial charge is 0.276 e. The molecule has 0 aliphatic carbocycles. The number of nitrogens with one attached hydrogen (secondary N) is 2. The summed E-state index contributed by atoms with van der Waals surface area (Å²) in [7, 11) is 0. The number of anilines is 1. The van der Waals surface area contributed by atoms with Crippen molar-refractivity contribution in [3.05, 3.63) is 36.7 Å². The molecule has 0 bridgehead atoms. The summed E-state index contributed by atoms with van der Waals surface area (Å²) in [5, 5.41) is 2.51. The minimum Gasteiger partial charge on any atom is -0.341 e. The molecule has 0 saturated carbocycles. The summed E-state index contributed by atoms with van der Waals surface area (Å²) < 4.78 is 0. The lowest BCUT2D eigenvalue weighted by atomic mass is 10.4. The molecule has 2 N–H and O–H groups in total. The molecule has 6 nitrogen and oxygen atoms in total. The van der Waals surface area contributed by atoms with Crippen LogP contribution in [0, 0.1) is 0 Å². The molecule has 0 aromatic carbocycles. The molecule has 2 heterocycles. The molecule has 0 radical (unpaired) electrons. The van der Waals surface area contributed by atoms with E-state index in [1.54, 1.807) is 18.5 Å². The minimum absolute atomic E-state index is 0.270. The number of hydrogen-bond acceptors (Lipinski definition) is 4. The topological polar surface area (TPSA) is 83.6 Å². The van der Waals surface area contributed by atoms with Crippen molar-refractivity contribution in [2.75, 3.05) is 5.32 Å². The first-order valence-electron chi connectivity index (χ1n) is 3.93. The summed E-state index contributed by atoms with van der Waals surface area (Å²) in [5.74, 6) is -0.0409. The van der Waals surface area contributed by atoms with Crippen molar-refractivity contribution in [2.45, 2.75) is 0 Å². The number of amides is 1. The Balaban J connectivity index is 2.10. The Bertz CT molecular complexity index is 411. The van der Waals surface area contributed by atoms with E-state index >= 15 is 0 Å². The molecule has 6 heteroatoms. The maximum atomic E-state index is 11.4. The van der Waals surface area contributed by atoms with Gasteiger partial charge in [-0.2, -0.15) is 0 Å². The Morgan fingerprint density at radius 1 is 1.36 bits per heavy atom. The summed E-state index contributed by atoms with van der Waals surface area (Å²) in [6, 6.07) is 1.67. The highest BCUT2D eigenvalue weighted by Gasteiger charge is 2.07. The largest absolute Gasteiger partial charge is 0.341 e. The standard InChI is InChI=1S/C8H7N5O/c14-7(6-4-9-5-12-6)13-8-10-2-1-3-11-8/h1-5H,(H,9,12)(H,10,11,13,14). The highest BCUT2D eigenvalue weighted by molar-refractivity contribution is 6.01. The third-order valence-electron chi connectivity index (χ3n) is 1.53. The number of nitrogens with zero attached hydrogens (tertiary/aromatic N) is 3. The van der Waals surface area contributed by atoms with E-state index < -0.39 is 0 Å². The van der Waals surface area contributed by atoms with Crippen LogP contribution in [0.1, 0.15) is 10.5 Å². The molecule has 2 aromatic heterocycles. The van der Waals surface area contributed by atoms with Crippen molar-refractivity contribution in [1.29, 1.82) is 0 Å². The van der Waals surface area contributed by atoms with E-state index in [4.69, 9.17) is 0 Å². The Kier molecular flexibility index (Phi) is 2.18. The van der Waals surface area contributed by atoms with E-state index in [1.807, 2.05) is 0 Å². The van der Waals surface area contributed by atoms with Crippen molar-refractivity contribution in [2.24, 2.45) is 0 Å². The molecule has 2 aromatic rings. The van der Waals surface area contributed by atoms with Crippen LogP contribution in [-0.4, -0.2) is 25.8 Å². The predicted octanol–water partition coefficient (Wildman–Crippen LogP) is 0.452. The fraction of sp³-hybridized carbons (Fsp3) is 0. The van der Waals surface area contributed by atoms with E-state index in [9.17, 15) is 4.79 Å². The molecule has 0 spiro atoms. The fourth-order valence-electron chi connectivity index (χ4n) is 0.913. The minimum atomic E-state index is -0.311. The maximum absolute atomic E-state index is 11.4. The lowest BCUT2D eigenvalue weighted by molar-refractivity contribution is 0.102. The monoisotopic (exact) mass is 189 g/mol. The second-order valence-electron chi connectivity index (χ2n) is 2.49. The van der Waals surface area contributed by atoms with Gasteiger partial charge in [-0.3, -0.25) is 10.1 Å². The number of aromatic nitrogens is 4. The molecule has 14 heavy (non-hydrogen) atoms. The highest BCUT2D eigenvalue weighted by atomic mass is 16.2. The fourth-order valence-corrected chi connectivity index (χ4v) is 0.913. The second kappa shape index (κ2) is 3.65.